The maximum atomic E-state index is 13.3. The van der Waals surface area contributed by atoms with Gasteiger partial charge in [0.2, 0.25) is 0 Å². The van der Waals surface area contributed by atoms with Crippen LogP contribution < -0.4 is 5.32 Å². The van der Waals surface area contributed by atoms with Crippen molar-refractivity contribution in [3.63, 3.8) is 0 Å². The molecule has 1 fully saturated rings. The van der Waals surface area contributed by atoms with E-state index < -0.39 is 0 Å². The van der Waals surface area contributed by atoms with Crippen molar-refractivity contribution in [2.45, 2.75) is 31.5 Å². The molecule has 1 saturated heterocycles. The number of imidazole rings is 1. The van der Waals surface area contributed by atoms with E-state index in [1.54, 1.807) is 24.1 Å². The first-order chi connectivity index (χ1) is 14.4. The topological polar surface area (TPSA) is 79.7 Å². The lowest BCUT2D eigenvalue weighted by Crippen LogP contribution is -2.40. The predicted octanol–water partition coefficient (Wildman–Crippen LogP) is 1.75. The molecule has 0 unspecified atom stereocenters. The summed E-state index contributed by atoms with van der Waals surface area (Å²) in [6.07, 6.45) is 3.33. The highest BCUT2D eigenvalue weighted by Crippen LogP contribution is 2.24. The number of ether oxygens (including phenoxy) is 1. The highest BCUT2D eigenvalue weighted by Gasteiger charge is 2.37. The molecule has 0 radical (unpaired) electrons. The summed E-state index contributed by atoms with van der Waals surface area (Å²) in [5.74, 6) is 0.673. The van der Waals surface area contributed by atoms with Crippen molar-refractivity contribution >= 4 is 34.8 Å². The van der Waals surface area contributed by atoms with Gasteiger partial charge in [0.25, 0.3) is 11.8 Å². The zero-order valence-electron chi connectivity index (χ0n) is 17.1. The molecule has 0 spiro atoms. The lowest BCUT2D eigenvalue weighted by atomic mass is 10.2. The van der Waals surface area contributed by atoms with E-state index in [9.17, 15) is 9.59 Å². The number of likely N-dealkylation sites (tertiary alicyclic amines) is 1. The molecule has 4 rings (SSSR count). The van der Waals surface area contributed by atoms with Crippen molar-refractivity contribution in [2.24, 2.45) is 0 Å². The van der Waals surface area contributed by atoms with Crippen LogP contribution in [0.15, 0.2) is 18.3 Å². The average molecular weight is 452 g/mol. The minimum absolute atomic E-state index is 0.104. The SMILES string of the molecule is COC[C@@H]1C[C@@H](NC(=O)c2ccc(Cl)s2)CN1C(=O)c1cn2c(n1)CCN(C)CC2. The molecule has 0 aliphatic carbocycles. The Hall–Kier alpha value is -1.94. The van der Waals surface area contributed by atoms with E-state index >= 15 is 0 Å². The highest BCUT2D eigenvalue weighted by molar-refractivity contribution is 7.18. The van der Waals surface area contributed by atoms with E-state index in [0.717, 1.165) is 31.9 Å². The number of carbonyl (C=O) groups excluding carboxylic acids is 2. The molecule has 2 amide bonds. The number of hydrogen-bond acceptors (Lipinski definition) is 6. The van der Waals surface area contributed by atoms with Crippen LogP contribution in [0.2, 0.25) is 4.34 Å². The van der Waals surface area contributed by atoms with Crippen molar-refractivity contribution in [1.82, 2.24) is 24.7 Å². The second-order valence-electron chi connectivity index (χ2n) is 7.87. The fourth-order valence-electron chi connectivity index (χ4n) is 4.09. The molecule has 4 heterocycles. The van der Waals surface area contributed by atoms with Crippen LogP contribution in [0.25, 0.3) is 0 Å². The summed E-state index contributed by atoms with van der Waals surface area (Å²) in [6.45, 7) is 3.55. The third-order valence-electron chi connectivity index (χ3n) is 5.68. The predicted molar refractivity (Wildman–Crippen MR) is 115 cm³/mol. The monoisotopic (exact) mass is 451 g/mol. The Kier molecular flexibility index (Phi) is 6.43. The molecule has 2 aliphatic rings. The van der Waals surface area contributed by atoms with Crippen LogP contribution in [-0.2, 0) is 17.7 Å². The van der Waals surface area contributed by atoms with Crippen molar-refractivity contribution in [3.8, 4) is 0 Å². The van der Waals surface area contributed by atoms with Gasteiger partial charge in [-0.15, -0.1) is 11.3 Å². The van der Waals surface area contributed by atoms with E-state index in [0.29, 0.717) is 34.5 Å². The summed E-state index contributed by atoms with van der Waals surface area (Å²) < 4.78 is 8.00. The van der Waals surface area contributed by atoms with E-state index in [-0.39, 0.29) is 23.9 Å². The van der Waals surface area contributed by atoms with Gasteiger partial charge in [0.05, 0.1) is 21.9 Å². The normalized spacial score (nSPS) is 22.0. The lowest BCUT2D eigenvalue weighted by Gasteiger charge is -2.23. The van der Waals surface area contributed by atoms with Crippen LogP contribution >= 0.6 is 22.9 Å². The summed E-state index contributed by atoms with van der Waals surface area (Å²) >= 11 is 7.18. The van der Waals surface area contributed by atoms with Gasteiger partial charge in [-0.25, -0.2) is 4.98 Å². The molecular formula is C20H26ClN5O3S. The second-order valence-corrected chi connectivity index (χ2v) is 9.58. The van der Waals surface area contributed by atoms with E-state index in [2.05, 4.69) is 26.8 Å². The Labute approximate surface area is 184 Å². The maximum Gasteiger partial charge on any atom is 0.274 e. The smallest absolute Gasteiger partial charge is 0.274 e. The number of halogens is 1. The minimum Gasteiger partial charge on any atom is -0.383 e. The quantitative estimate of drug-likeness (QED) is 0.749. The van der Waals surface area contributed by atoms with E-state index in [4.69, 9.17) is 16.3 Å². The van der Waals surface area contributed by atoms with Gasteiger partial charge in [-0.3, -0.25) is 9.59 Å². The zero-order valence-corrected chi connectivity index (χ0v) is 18.7. The summed E-state index contributed by atoms with van der Waals surface area (Å²) in [6, 6.07) is 3.17. The average Bonchev–Trinajstić information content (AvgIpc) is 3.41. The van der Waals surface area contributed by atoms with Crippen LogP contribution in [0.5, 0.6) is 0 Å². The van der Waals surface area contributed by atoms with Crippen molar-refractivity contribution in [2.75, 3.05) is 40.4 Å². The Morgan fingerprint density at radius 2 is 2.17 bits per heavy atom. The number of aromatic nitrogens is 2. The van der Waals surface area contributed by atoms with Gasteiger partial charge in [-0.2, -0.15) is 0 Å². The number of nitrogens with one attached hydrogen (secondary N) is 1. The standard InChI is InChI=1S/C20H26ClN5O3S/c1-24-6-5-18-23-15(11-25(18)8-7-24)20(28)26-10-13(9-14(26)12-29-2)22-19(27)16-3-4-17(21)30-16/h3-4,11,13-14H,5-10,12H2,1-2H3,(H,22,27)/t13-,14+/m1/s1. The lowest BCUT2D eigenvalue weighted by molar-refractivity contribution is 0.0623. The van der Waals surface area contributed by atoms with E-state index in [1.807, 2.05) is 6.20 Å². The fourth-order valence-corrected chi connectivity index (χ4v) is 5.04. The number of carbonyl (C=O) groups is 2. The molecule has 2 aliphatic heterocycles. The molecule has 162 valence electrons. The summed E-state index contributed by atoms with van der Waals surface area (Å²) in [7, 11) is 3.72. The van der Waals surface area contributed by atoms with Crippen molar-refractivity contribution < 1.29 is 14.3 Å². The Bertz CT molecular complexity index is 904. The first-order valence-corrected chi connectivity index (χ1v) is 11.2. The van der Waals surface area contributed by atoms with Crippen LogP contribution in [0.1, 0.15) is 32.4 Å². The van der Waals surface area contributed by atoms with Gasteiger partial charge in [-0.1, -0.05) is 11.6 Å². The maximum absolute atomic E-state index is 13.3. The second kappa shape index (κ2) is 9.05. The molecule has 8 nitrogen and oxygen atoms in total. The molecule has 2 aromatic rings. The zero-order chi connectivity index (χ0) is 21.3. The summed E-state index contributed by atoms with van der Waals surface area (Å²) in [5, 5.41) is 3.03. The van der Waals surface area contributed by atoms with E-state index in [1.165, 1.54) is 11.3 Å². The third kappa shape index (κ3) is 4.54. The Morgan fingerprint density at radius 3 is 2.90 bits per heavy atom. The fraction of sp³-hybridized carbons (Fsp3) is 0.550. The number of rotatable bonds is 5. The molecule has 0 aromatic carbocycles. The number of nitrogens with zero attached hydrogens (tertiary/aromatic N) is 4. The van der Waals surface area contributed by atoms with Gasteiger partial charge in [-0.05, 0) is 25.6 Å². The van der Waals surface area contributed by atoms with Crippen LogP contribution in [0.4, 0.5) is 0 Å². The van der Waals surface area contributed by atoms with Crippen LogP contribution in [-0.4, -0.2) is 83.6 Å². The molecule has 30 heavy (non-hydrogen) atoms. The molecular weight excluding hydrogens is 426 g/mol. The number of amides is 2. The van der Waals surface area contributed by atoms with Gasteiger partial charge in [0.15, 0.2) is 0 Å². The first-order valence-electron chi connectivity index (χ1n) is 10.0. The number of hydrogen-bond donors (Lipinski definition) is 1. The first kappa shape index (κ1) is 21.3. The molecule has 10 heteroatoms. The van der Waals surface area contributed by atoms with Gasteiger partial charge >= 0.3 is 0 Å². The van der Waals surface area contributed by atoms with Crippen molar-refractivity contribution in [3.05, 3.63) is 39.1 Å². The van der Waals surface area contributed by atoms with Gasteiger partial charge in [0.1, 0.15) is 11.5 Å². The van der Waals surface area contributed by atoms with Gasteiger partial charge < -0.3 is 24.4 Å². The summed E-state index contributed by atoms with van der Waals surface area (Å²) in [4.78, 5) is 35.0. The summed E-state index contributed by atoms with van der Waals surface area (Å²) in [5.41, 5.74) is 0.465. The number of likely N-dealkylation sites (N-methyl/N-ethyl adjacent to an activating group) is 1. The Morgan fingerprint density at radius 1 is 1.33 bits per heavy atom. The van der Waals surface area contributed by atoms with Crippen LogP contribution in [0, 0.1) is 0 Å². The molecule has 1 N–H and O–H groups in total. The van der Waals surface area contributed by atoms with Crippen molar-refractivity contribution in [1.29, 1.82) is 0 Å². The van der Waals surface area contributed by atoms with Crippen LogP contribution in [0.3, 0.4) is 0 Å². The number of thiophene rings is 1. The molecule has 0 saturated carbocycles. The molecule has 2 aromatic heterocycles. The highest BCUT2D eigenvalue weighted by atomic mass is 35.5. The Balaban J connectivity index is 1.46. The minimum atomic E-state index is -0.166. The molecule has 0 bridgehead atoms. The molecule has 2 atom stereocenters. The van der Waals surface area contributed by atoms with Gasteiger partial charge in [0, 0.05) is 51.9 Å². The third-order valence-corrected chi connectivity index (χ3v) is 6.91. The largest absolute Gasteiger partial charge is 0.383 e. The number of fused-ring (bicyclic) bond motifs is 1. The number of methoxy groups -OCH3 is 1.